The second-order valence-electron chi connectivity index (χ2n) is 2.84. The number of aromatic nitrogens is 1. The summed E-state index contributed by atoms with van der Waals surface area (Å²) in [5.41, 5.74) is 0.418. The molecule has 4 nitrogen and oxygen atoms in total. The molecule has 0 fully saturated rings. The Balaban J connectivity index is 2.80. The zero-order valence-corrected chi connectivity index (χ0v) is 8.50. The Kier molecular flexibility index (Phi) is 1.96. The molecule has 2 rings (SSSR count). The number of carbonyl (C=O) groups is 1. The molecule has 1 heterocycles. The zero-order chi connectivity index (χ0) is 10.3. The summed E-state index contributed by atoms with van der Waals surface area (Å²) in [7, 11) is 0. The SMILES string of the molecule is O=C(O)c1[nH]c2ccc(Br)cc2c1O. The molecule has 0 bridgehead atoms. The molecule has 1 aromatic heterocycles. The highest BCUT2D eigenvalue weighted by molar-refractivity contribution is 9.10. The van der Waals surface area contributed by atoms with Crippen LogP contribution in [0.2, 0.25) is 0 Å². The van der Waals surface area contributed by atoms with E-state index in [1.54, 1.807) is 18.2 Å². The molecule has 1 aromatic carbocycles. The fraction of sp³-hybridized carbons (Fsp3) is 0. The van der Waals surface area contributed by atoms with Gasteiger partial charge in [0.05, 0.1) is 0 Å². The largest absolute Gasteiger partial charge is 0.505 e. The maximum absolute atomic E-state index is 10.7. The first-order chi connectivity index (χ1) is 6.59. The monoisotopic (exact) mass is 255 g/mol. The summed E-state index contributed by atoms with van der Waals surface area (Å²) >= 11 is 3.24. The van der Waals surface area contributed by atoms with Crippen molar-refractivity contribution in [3.8, 4) is 5.75 Å². The average Bonchev–Trinajstić information content (AvgIpc) is 2.44. The maximum Gasteiger partial charge on any atom is 0.356 e. The van der Waals surface area contributed by atoms with Crippen LogP contribution in [0.3, 0.4) is 0 Å². The summed E-state index contributed by atoms with van der Waals surface area (Å²) in [5.74, 6) is -1.40. The lowest BCUT2D eigenvalue weighted by Crippen LogP contribution is -1.95. The molecule has 5 heteroatoms. The van der Waals surface area contributed by atoms with Crippen molar-refractivity contribution < 1.29 is 15.0 Å². The van der Waals surface area contributed by atoms with Crippen molar-refractivity contribution in [2.75, 3.05) is 0 Å². The van der Waals surface area contributed by atoms with Gasteiger partial charge in [0.1, 0.15) is 0 Å². The van der Waals surface area contributed by atoms with Gasteiger partial charge in [0, 0.05) is 15.4 Å². The number of fused-ring (bicyclic) bond motifs is 1. The lowest BCUT2D eigenvalue weighted by molar-refractivity contribution is 0.0688. The third-order valence-corrected chi connectivity index (χ3v) is 2.44. The molecule has 14 heavy (non-hydrogen) atoms. The standard InChI is InChI=1S/C9H6BrNO3/c10-4-1-2-6-5(3-4)8(12)7(11-6)9(13)14/h1-3,11-12H,(H,13,14). The molecular formula is C9H6BrNO3. The van der Waals surface area contributed by atoms with E-state index < -0.39 is 5.97 Å². The summed E-state index contributed by atoms with van der Waals surface area (Å²) in [6, 6.07) is 5.13. The first-order valence-electron chi connectivity index (χ1n) is 3.83. The van der Waals surface area contributed by atoms with Gasteiger partial charge in [-0.3, -0.25) is 0 Å². The molecule has 0 radical (unpaired) electrons. The van der Waals surface area contributed by atoms with E-state index in [1.165, 1.54) is 0 Å². The first kappa shape index (κ1) is 9.08. The minimum absolute atomic E-state index is 0.182. The number of halogens is 1. The van der Waals surface area contributed by atoms with Crippen LogP contribution in [0, 0.1) is 0 Å². The highest BCUT2D eigenvalue weighted by atomic mass is 79.9. The number of aromatic carboxylic acids is 1. The van der Waals surface area contributed by atoms with E-state index in [2.05, 4.69) is 20.9 Å². The van der Waals surface area contributed by atoms with Crippen LogP contribution in [0.5, 0.6) is 5.75 Å². The Morgan fingerprint density at radius 1 is 1.43 bits per heavy atom. The van der Waals surface area contributed by atoms with Crippen molar-refractivity contribution >= 4 is 32.8 Å². The Morgan fingerprint density at radius 3 is 2.79 bits per heavy atom. The summed E-state index contributed by atoms with van der Waals surface area (Å²) < 4.78 is 0.788. The molecule has 2 aromatic rings. The van der Waals surface area contributed by atoms with Crippen molar-refractivity contribution in [2.24, 2.45) is 0 Å². The minimum atomic E-state index is -1.17. The fourth-order valence-electron chi connectivity index (χ4n) is 1.30. The molecule has 0 aliphatic heterocycles. The smallest absolute Gasteiger partial charge is 0.356 e. The molecule has 0 aliphatic rings. The van der Waals surface area contributed by atoms with Gasteiger partial charge in [0.2, 0.25) is 0 Å². The number of carboxylic acid groups (broad SMARTS) is 1. The Morgan fingerprint density at radius 2 is 2.14 bits per heavy atom. The van der Waals surface area contributed by atoms with E-state index in [9.17, 15) is 9.90 Å². The molecule has 0 unspecified atom stereocenters. The lowest BCUT2D eigenvalue weighted by Gasteiger charge is -1.91. The van der Waals surface area contributed by atoms with Crippen LogP contribution < -0.4 is 0 Å². The van der Waals surface area contributed by atoms with Crippen molar-refractivity contribution in [1.82, 2.24) is 4.98 Å². The van der Waals surface area contributed by atoms with Crippen LogP contribution in [-0.2, 0) is 0 Å². The quantitative estimate of drug-likeness (QED) is 0.733. The van der Waals surface area contributed by atoms with Crippen LogP contribution in [0.4, 0.5) is 0 Å². The highest BCUT2D eigenvalue weighted by Crippen LogP contribution is 2.30. The van der Waals surface area contributed by atoms with Crippen molar-refractivity contribution in [1.29, 1.82) is 0 Å². The highest BCUT2D eigenvalue weighted by Gasteiger charge is 2.15. The zero-order valence-electron chi connectivity index (χ0n) is 6.91. The van der Waals surface area contributed by atoms with Gasteiger partial charge in [-0.25, -0.2) is 4.79 Å². The van der Waals surface area contributed by atoms with Crippen LogP contribution in [0.1, 0.15) is 10.5 Å². The maximum atomic E-state index is 10.7. The van der Waals surface area contributed by atoms with Crippen LogP contribution in [0.25, 0.3) is 10.9 Å². The van der Waals surface area contributed by atoms with E-state index in [4.69, 9.17) is 5.11 Å². The van der Waals surface area contributed by atoms with E-state index in [1.807, 2.05) is 0 Å². The molecule has 0 atom stereocenters. The number of rotatable bonds is 1. The van der Waals surface area contributed by atoms with E-state index >= 15 is 0 Å². The topological polar surface area (TPSA) is 73.3 Å². The molecule has 72 valence electrons. The number of carboxylic acids is 1. The van der Waals surface area contributed by atoms with E-state index in [0.717, 1.165) is 4.47 Å². The number of hydrogen-bond acceptors (Lipinski definition) is 2. The van der Waals surface area contributed by atoms with E-state index in [0.29, 0.717) is 10.9 Å². The summed E-state index contributed by atoms with van der Waals surface area (Å²) in [4.78, 5) is 13.3. The average molecular weight is 256 g/mol. The van der Waals surface area contributed by atoms with Gasteiger partial charge in [0.15, 0.2) is 11.4 Å². The third kappa shape index (κ3) is 1.26. The van der Waals surface area contributed by atoms with Crippen LogP contribution in [-0.4, -0.2) is 21.2 Å². The van der Waals surface area contributed by atoms with Crippen LogP contribution in [0.15, 0.2) is 22.7 Å². The Labute approximate surface area is 87.3 Å². The summed E-state index contributed by atoms with van der Waals surface area (Å²) in [5, 5.41) is 18.8. The normalized spacial score (nSPS) is 10.6. The molecule has 0 saturated heterocycles. The predicted molar refractivity (Wildman–Crippen MR) is 54.6 cm³/mol. The number of nitrogens with one attached hydrogen (secondary N) is 1. The molecule has 0 aliphatic carbocycles. The second kappa shape index (κ2) is 3.02. The predicted octanol–water partition coefficient (Wildman–Crippen LogP) is 2.33. The van der Waals surface area contributed by atoms with Gasteiger partial charge >= 0.3 is 5.97 Å². The van der Waals surface area contributed by atoms with Crippen molar-refractivity contribution in [2.45, 2.75) is 0 Å². The van der Waals surface area contributed by atoms with Crippen LogP contribution >= 0.6 is 15.9 Å². The minimum Gasteiger partial charge on any atom is -0.505 e. The number of benzene rings is 1. The summed E-state index contributed by atoms with van der Waals surface area (Å²) in [6.45, 7) is 0. The molecule has 3 N–H and O–H groups in total. The fourth-order valence-corrected chi connectivity index (χ4v) is 1.67. The number of H-pyrrole nitrogens is 1. The van der Waals surface area contributed by atoms with Gasteiger partial charge in [-0.05, 0) is 18.2 Å². The number of hydrogen-bond donors (Lipinski definition) is 3. The Hall–Kier alpha value is -1.49. The van der Waals surface area contributed by atoms with E-state index in [-0.39, 0.29) is 11.4 Å². The number of aromatic hydroxyl groups is 1. The lowest BCUT2D eigenvalue weighted by atomic mass is 10.2. The molecular weight excluding hydrogens is 250 g/mol. The van der Waals surface area contributed by atoms with Gasteiger partial charge in [0.25, 0.3) is 0 Å². The van der Waals surface area contributed by atoms with Gasteiger partial charge < -0.3 is 15.2 Å². The molecule has 0 amide bonds. The molecule has 0 saturated carbocycles. The second-order valence-corrected chi connectivity index (χ2v) is 3.76. The summed E-state index contributed by atoms with van der Waals surface area (Å²) in [6.07, 6.45) is 0. The third-order valence-electron chi connectivity index (χ3n) is 1.95. The van der Waals surface area contributed by atoms with Crippen molar-refractivity contribution in [3.05, 3.63) is 28.4 Å². The van der Waals surface area contributed by atoms with Gasteiger partial charge in [-0.2, -0.15) is 0 Å². The number of aromatic amines is 1. The first-order valence-corrected chi connectivity index (χ1v) is 4.62. The van der Waals surface area contributed by atoms with Gasteiger partial charge in [-0.1, -0.05) is 15.9 Å². The Bertz CT molecular complexity index is 518. The molecule has 0 spiro atoms. The van der Waals surface area contributed by atoms with Gasteiger partial charge in [-0.15, -0.1) is 0 Å². The van der Waals surface area contributed by atoms with Crippen molar-refractivity contribution in [3.63, 3.8) is 0 Å².